The Hall–Kier alpha value is -1.11. The molecule has 1 amide bonds. The average Bonchev–Trinajstić information content (AvgIpc) is 2.35. The molecule has 1 heterocycles. The summed E-state index contributed by atoms with van der Waals surface area (Å²) in [4.78, 5) is 24.3. The zero-order chi connectivity index (χ0) is 15.2. The molecule has 20 heavy (non-hydrogen) atoms. The molecule has 1 aliphatic heterocycles. The van der Waals surface area contributed by atoms with Crippen LogP contribution in [-0.4, -0.2) is 55.4 Å². The van der Waals surface area contributed by atoms with Gasteiger partial charge in [-0.3, -0.25) is 9.59 Å². The van der Waals surface area contributed by atoms with Crippen molar-refractivity contribution in [3.8, 4) is 0 Å². The fourth-order valence-corrected chi connectivity index (χ4v) is 3.17. The molecule has 1 rings (SSSR count). The summed E-state index contributed by atoms with van der Waals surface area (Å²) in [5.74, 6) is -0.538. The highest BCUT2D eigenvalue weighted by atomic mass is 32.2. The zero-order valence-corrected chi connectivity index (χ0v) is 12.7. The van der Waals surface area contributed by atoms with E-state index in [9.17, 15) is 18.0 Å². The Morgan fingerprint density at radius 3 is 2.60 bits per heavy atom. The van der Waals surface area contributed by atoms with Gasteiger partial charge in [0.1, 0.15) is 9.84 Å². The molecule has 1 atom stereocenters. The van der Waals surface area contributed by atoms with Gasteiger partial charge >= 0.3 is 5.97 Å². The van der Waals surface area contributed by atoms with Crippen molar-refractivity contribution in [2.24, 2.45) is 5.92 Å². The molecule has 1 saturated heterocycles. The van der Waals surface area contributed by atoms with Crippen LogP contribution in [0.1, 0.15) is 38.5 Å². The third kappa shape index (κ3) is 6.88. The topological polar surface area (TPSA) is 91.8 Å². The van der Waals surface area contributed by atoms with Crippen molar-refractivity contribution in [2.75, 3.05) is 25.1 Å². The number of aliphatic carboxylic acids is 1. The van der Waals surface area contributed by atoms with Gasteiger partial charge in [-0.25, -0.2) is 8.42 Å². The van der Waals surface area contributed by atoms with Crippen molar-refractivity contribution in [3.63, 3.8) is 0 Å². The van der Waals surface area contributed by atoms with Crippen LogP contribution in [0.4, 0.5) is 0 Å². The number of hydrogen-bond acceptors (Lipinski definition) is 4. The molecule has 0 aromatic carbocycles. The molecule has 0 aromatic rings. The third-order valence-electron chi connectivity index (χ3n) is 3.54. The predicted octanol–water partition coefficient (Wildman–Crippen LogP) is 0.915. The lowest BCUT2D eigenvalue weighted by Crippen LogP contribution is -2.40. The molecule has 0 spiro atoms. The number of hydrogen-bond donors (Lipinski definition) is 1. The Bertz CT molecular complexity index is 446. The van der Waals surface area contributed by atoms with Gasteiger partial charge in [0.15, 0.2) is 0 Å². The van der Waals surface area contributed by atoms with E-state index < -0.39 is 15.8 Å². The van der Waals surface area contributed by atoms with Crippen LogP contribution < -0.4 is 0 Å². The van der Waals surface area contributed by atoms with E-state index in [0.29, 0.717) is 25.9 Å². The van der Waals surface area contributed by atoms with Crippen LogP contribution in [0.25, 0.3) is 0 Å². The van der Waals surface area contributed by atoms with E-state index in [2.05, 4.69) is 0 Å². The molecule has 116 valence electrons. The smallest absolute Gasteiger partial charge is 0.303 e. The Morgan fingerprint density at radius 1 is 1.30 bits per heavy atom. The Balaban J connectivity index is 2.34. The standard InChI is InChI=1S/C13H23NO5S/c1-20(18,19)9-3-5-12(15)14-8-2-4-11(10-14)6-7-13(16)17/h11H,2-10H2,1H3,(H,16,17). The molecule has 0 bridgehead atoms. The second-order valence-electron chi connectivity index (χ2n) is 5.51. The monoisotopic (exact) mass is 305 g/mol. The van der Waals surface area contributed by atoms with Gasteiger partial charge in [0.05, 0.1) is 5.75 Å². The van der Waals surface area contributed by atoms with Gasteiger partial charge in [-0.15, -0.1) is 0 Å². The summed E-state index contributed by atoms with van der Waals surface area (Å²) in [5.41, 5.74) is 0. The third-order valence-corrected chi connectivity index (χ3v) is 4.57. The minimum Gasteiger partial charge on any atom is -0.481 e. The SMILES string of the molecule is CS(=O)(=O)CCCC(=O)N1CCCC(CCC(=O)O)C1. The quantitative estimate of drug-likeness (QED) is 0.755. The molecule has 0 radical (unpaired) electrons. The molecule has 0 aliphatic carbocycles. The first-order chi connectivity index (χ1) is 9.28. The number of amides is 1. The minimum atomic E-state index is -3.02. The van der Waals surface area contributed by atoms with Crippen LogP contribution in [0.3, 0.4) is 0 Å². The molecule has 1 unspecified atom stereocenters. The summed E-state index contributed by atoms with van der Waals surface area (Å²) in [6.45, 7) is 1.30. The maximum Gasteiger partial charge on any atom is 0.303 e. The number of rotatable bonds is 7. The highest BCUT2D eigenvalue weighted by Gasteiger charge is 2.23. The van der Waals surface area contributed by atoms with Crippen molar-refractivity contribution in [1.82, 2.24) is 4.90 Å². The maximum atomic E-state index is 12.0. The molecule has 7 heteroatoms. The summed E-state index contributed by atoms with van der Waals surface area (Å²) in [6, 6.07) is 0. The lowest BCUT2D eigenvalue weighted by Gasteiger charge is -2.32. The van der Waals surface area contributed by atoms with Gasteiger partial charge in [-0.1, -0.05) is 0 Å². The molecule has 6 nitrogen and oxygen atoms in total. The number of nitrogens with zero attached hydrogens (tertiary/aromatic N) is 1. The van der Waals surface area contributed by atoms with Crippen molar-refractivity contribution in [2.45, 2.75) is 38.5 Å². The Kier molecular flexibility index (Phi) is 6.45. The number of sulfone groups is 1. The van der Waals surface area contributed by atoms with Gasteiger partial charge < -0.3 is 10.0 Å². The van der Waals surface area contributed by atoms with Crippen LogP contribution >= 0.6 is 0 Å². The van der Waals surface area contributed by atoms with Gasteiger partial charge in [-0.05, 0) is 31.6 Å². The lowest BCUT2D eigenvalue weighted by molar-refractivity contribution is -0.137. The number of carbonyl (C=O) groups excluding carboxylic acids is 1. The number of carboxylic acids is 1. The molecule has 1 fully saturated rings. The van der Waals surface area contributed by atoms with Crippen molar-refractivity contribution < 1.29 is 23.1 Å². The lowest BCUT2D eigenvalue weighted by atomic mass is 9.93. The summed E-state index contributed by atoms with van der Waals surface area (Å²) in [6.07, 6.45) is 4.36. The Labute approximate surface area is 120 Å². The molecule has 1 N–H and O–H groups in total. The Morgan fingerprint density at radius 2 is 2.00 bits per heavy atom. The highest BCUT2D eigenvalue weighted by molar-refractivity contribution is 7.90. The van der Waals surface area contributed by atoms with Crippen LogP contribution in [0, 0.1) is 5.92 Å². The van der Waals surface area contributed by atoms with Gasteiger partial charge in [0, 0.05) is 32.2 Å². The first kappa shape index (κ1) is 16.9. The molecule has 1 aliphatic rings. The van der Waals surface area contributed by atoms with E-state index in [4.69, 9.17) is 5.11 Å². The molecular formula is C13H23NO5S. The van der Waals surface area contributed by atoms with E-state index in [0.717, 1.165) is 12.8 Å². The van der Waals surface area contributed by atoms with E-state index in [1.54, 1.807) is 4.90 Å². The second kappa shape index (κ2) is 7.61. The minimum absolute atomic E-state index is 0.0197. The molecular weight excluding hydrogens is 282 g/mol. The predicted molar refractivity (Wildman–Crippen MR) is 75.1 cm³/mol. The first-order valence-corrected chi connectivity index (χ1v) is 9.01. The summed E-state index contributed by atoms with van der Waals surface area (Å²) in [5, 5.41) is 8.67. The van der Waals surface area contributed by atoms with Crippen molar-refractivity contribution in [1.29, 1.82) is 0 Å². The summed E-state index contributed by atoms with van der Waals surface area (Å²) >= 11 is 0. The average molecular weight is 305 g/mol. The summed E-state index contributed by atoms with van der Waals surface area (Å²) in [7, 11) is -3.02. The van der Waals surface area contributed by atoms with E-state index in [1.165, 1.54) is 6.26 Å². The summed E-state index contributed by atoms with van der Waals surface area (Å²) < 4.78 is 22.0. The van der Waals surface area contributed by atoms with Crippen LogP contribution in [0.5, 0.6) is 0 Å². The van der Waals surface area contributed by atoms with Crippen LogP contribution in [0.15, 0.2) is 0 Å². The second-order valence-corrected chi connectivity index (χ2v) is 7.77. The van der Waals surface area contributed by atoms with Crippen molar-refractivity contribution >= 4 is 21.7 Å². The van der Waals surface area contributed by atoms with Gasteiger partial charge in [0.25, 0.3) is 0 Å². The molecule has 0 aromatic heterocycles. The van der Waals surface area contributed by atoms with Crippen LogP contribution in [-0.2, 0) is 19.4 Å². The first-order valence-electron chi connectivity index (χ1n) is 6.95. The largest absolute Gasteiger partial charge is 0.481 e. The van der Waals surface area contributed by atoms with Gasteiger partial charge in [0.2, 0.25) is 5.91 Å². The number of likely N-dealkylation sites (tertiary alicyclic amines) is 1. The van der Waals surface area contributed by atoms with Crippen molar-refractivity contribution in [3.05, 3.63) is 0 Å². The van der Waals surface area contributed by atoms with Gasteiger partial charge in [-0.2, -0.15) is 0 Å². The maximum absolute atomic E-state index is 12.0. The highest BCUT2D eigenvalue weighted by Crippen LogP contribution is 2.21. The zero-order valence-electron chi connectivity index (χ0n) is 11.9. The normalized spacial score (nSPS) is 19.9. The van der Waals surface area contributed by atoms with E-state index in [1.807, 2.05) is 0 Å². The van der Waals surface area contributed by atoms with E-state index in [-0.39, 0.29) is 30.4 Å². The number of piperidine rings is 1. The van der Waals surface area contributed by atoms with E-state index >= 15 is 0 Å². The number of carboxylic acid groups (broad SMARTS) is 1. The molecule has 0 saturated carbocycles. The van der Waals surface area contributed by atoms with Crippen LogP contribution in [0.2, 0.25) is 0 Å². The fourth-order valence-electron chi connectivity index (χ4n) is 2.50. The fraction of sp³-hybridized carbons (Fsp3) is 0.846. The number of carbonyl (C=O) groups is 2.